The van der Waals surface area contributed by atoms with Crippen molar-refractivity contribution >= 4 is 45.8 Å². The largest absolute Gasteiger partial charge is 0.494 e. The number of anilines is 1. The predicted molar refractivity (Wildman–Crippen MR) is 173 cm³/mol. The van der Waals surface area contributed by atoms with Crippen molar-refractivity contribution in [3.63, 3.8) is 0 Å². The number of nitrogens with zero attached hydrogens (tertiary/aromatic N) is 7. The summed E-state index contributed by atoms with van der Waals surface area (Å²) < 4.78 is 25.4. The van der Waals surface area contributed by atoms with E-state index in [1.54, 1.807) is 37.3 Å². The van der Waals surface area contributed by atoms with E-state index < -0.39 is 5.82 Å². The third kappa shape index (κ3) is 10.6. The van der Waals surface area contributed by atoms with E-state index in [2.05, 4.69) is 37.3 Å². The van der Waals surface area contributed by atoms with Crippen LogP contribution in [0.4, 0.5) is 44.2 Å². The Balaban J connectivity index is 1.23. The average molecular weight is 608 g/mol. The highest BCUT2D eigenvalue weighted by molar-refractivity contribution is 5.86. The molecule has 4 aromatic carbocycles. The molecule has 0 unspecified atom stereocenters. The fourth-order valence-electron chi connectivity index (χ4n) is 3.68. The van der Waals surface area contributed by atoms with Crippen LogP contribution in [0.25, 0.3) is 0 Å². The van der Waals surface area contributed by atoms with Crippen molar-refractivity contribution in [3.05, 3.63) is 109 Å². The Hall–Kier alpha value is -5.58. The SMILES string of the molecule is C=C(C)C(=O)OCCCCOc1ccc(N=Nc2ccc(N=Nc3ccc(N=Nc4ccc(N(C)C)cc4)c(F)c3)cc2)cc1. The summed E-state index contributed by atoms with van der Waals surface area (Å²) in [4.78, 5) is 13.3. The lowest BCUT2D eigenvalue weighted by molar-refractivity contribution is -0.139. The lowest BCUT2D eigenvalue weighted by Gasteiger charge is -2.11. The Bertz CT molecular complexity index is 1670. The van der Waals surface area contributed by atoms with E-state index in [4.69, 9.17) is 9.47 Å². The summed E-state index contributed by atoms with van der Waals surface area (Å²) in [5, 5.41) is 24.9. The van der Waals surface area contributed by atoms with Crippen LogP contribution < -0.4 is 9.64 Å². The van der Waals surface area contributed by atoms with E-state index in [9.17, 15) is 9.18 Å². The molecular formula is C34H34FN7O3. The minimum atomic E-state index is -0.547. The van der Waals surface area contributed by atoms with Crippen LogP contribution in [0.2, 0.25) is 0 Å². The van der Waals surface area contributed by atoms with Crippen LogP contribution in [0.1, 0.15) is 19.8 Å². The highest BCUT2D eigenvalue weighted by Crippen LogP contribution is 2.28. The molecule has 0 atom stereocenters. The van der Waals surface area contributed by atoms with Gasteiger partial charge in [-0.3, -0.25) is 0 Å². The molecule has 0 saturated carbocycles. The third-order valence-corrected chi connectivity index (χ3v) is 6.21. The topological polar surface area (TPSA) is 113 Å². The first-order valence-electron chi connectivity index (χ1n) is 14.2. The number of azo groups is 3. The Kier molecular flexibility index (Phi) is 11.7. The number of benzene rings is 4. The van der Waals surface area contributed by atoms with Gasteiger partial charge >= 0.3 is 5.97 Å². The van der Waals surface area contributed by atoms with Crippen LogP contribution in [0.3, 0.4) is 0 Å². The highest BCUT2D eigenvalue weighted by Gasteiger charge is 2.04. The molecule has 0 spiro atoms. The van der Waals surface area contributed by atoms with Gasteiger partial charge in [-0.2, -0.15) is 25.6 Å². The van der Waals surface area contributed by atoms with Gasteiger partial charge in [-0.25, -0.2) is 9.18 Å². The van der Waals surface area contributed by atoms with E-state index >= 15 is 0 Å². The van der Waals surface area contributed by atoms with Gasteiger partial charge in [0.15, 0.2) is 5.82 Å². The number of hydrogen-bond donors (Lipinski definition) is 0. The first-order valence-corrected chi connectivity index (χ1v) is 14.2. The molecule has 0 N–H and O–H groups in total. The second-order valence-corrected chi connectivity index (χ2v) is 10.1. The van der Waals surface area contributed by atoms with E-state index in [0.717, 1.165) is 12.1 Å². The van der Waals surface area contributed by atoms with Crippen LogP contribution in [-0.2, 0) is 9.53 Å². The van der Waals surface area contributed by atoms with E-state index in [0.29, 0.717) is 59.4 Å². The Morgan fingerprint density at radius 2 is 1.16 bits per heavy atom. The summed E-state index contributed by atoms with van der Waals surface area (Å²) in [7, 11) is 3.90. The minimum absolute atomic E-state index is 0.110. The number of halogens is 1. The standard InChI is InChI=1S/C34H34FN7O3/c1-24(2)34(43)45-22-6-5-21-44-31-18-13-28(14-19-31)37-36-25-7-9-26(10-8-25)38-40-29-15-20-33(32(35)23-29)41-39-27-11-16-30(17-12-27)42(3)4/h7-20,23H,1,5-6,21-22H2,2-4H3. The van der Waals surface area contributed by atoms with E-state index in [1.165, 1.54) is 12.1 Å². The first-order chi connectivity index (χ1) is 21.8. The highest BCUT2D eigenvalue weighted by atomic mass is 19.1. The van der Waals surface area contributed by atoms with Crippen molar-refractivity contribution < 1.29 is 18.7 Å². The molecule has 0 bridgehead atoms. The predicted octanol–water partition coefficient (Wildman–Crippen LogP) is 10.4. The molecule has 10 nitrogen and oxygen atoms in total. The van der Waals surface area contributed by atoms with Crippen molar-refractivity contribution in [2.75, 3.05) is 32.2 Å². The van der Waals surface area contributed by atoms with Crippen molar-refractivity contribution in [1.82, 2.24) is 0 Å². The number of hydrogen-bond acceptors (Lipinski definition) is 10. The summed E-state index contributed by atoms with van der Waals surface area (Å²) in [6.07, 6.45) is 1.46. The molecule has 0 saturated heterocycles. The first kappa shape index (κ1) is 32.3. The lowest BCUT2D eigenvalue weighted by Crippen LogP contribution is -2.07. The van der Waals surface area contributed by atoms with Gasteiger partial charge in [0, 0.05) is 31.4 Å². The average Bonchev–Trinajstić information content (AvgIpc) is 3.05. The molecule has 230 valence electrons. The second-order valence-electron chi connectivity index (χ2n) is 10.1. The molecule has 0 fully saturated rings. The fourth-order valence-corrected chi connectivity index (χ4v) is 3.68. The van der Waals surface area contributed by atoms with Crippen LogP contribution in [0.5, 0.6) is 5.75 Å². The number of carbonyl (C=O) groups excluding carboxylic acids is 1. The molecule has 0 aromatic heterocycles. The summed E-state index contributed by atoms with van der Waals surface area (Å²) in [6, 6.07) is 26.1. The fraction of sp³-hybridized carbons (Fsp3) is 0.206. The van der Waals surface area contributed by atoms with E-state index in [1.807, 2.05) is 67.5 Å². The van der Waals surface area contributed by atoms with E-state index in [-0.39, 0.29) is 11.7 Å². The van der Waals surface area contributed by atoms with Crippen LogP contribution >= 0.6 is 0 Å². The normalized spacial score (nSPS) is 11.4. The van der Waals surface area contributed by atoms with Gasteiger partial charge in [0.25, 0.3) is 0 Å². The summed E-state index contributed by atoms with van der Waals surface area (Å²) in [5.74, 6) is -0.206. The molecule has 11 heteroatoms. The van der Waals surface area contributed by atoms with Crippen molar-refractivity contribution in [2.45, 2.75) is 19.8 Å². The summed E-state index contributed by atoms with van der Waals surface area (Å²) in [6.45, 7) is 6.02. The smallest absolute Gasteiger partial charge is 0.333 e. The number of rotatable bonds is 14. The van der Waals surface area contributed by atoms with Crippen LogP contribution in [0, 0.1) is 5.82 Å². The number of unbranched alkanes of at least 4 members (excludes halogenated alkanes) is 1. The van der Waals surface area contributed by atoms with Gasteiger partial charge in [0.05, 0.1) is 41.7 Å². The monoisotopic (exact) mass is 607 g/mol. The number of carbonyl (C=O) groups is 1. The van der Waals surface area contributed by atoms with Gasteiger partial charge in [-0.1, -0.05) is 6.58 Å². The molecule has 0 heterocycles. The van der Waals surface area contributed by atoms with Gasteiger partial charge in [0.2, 0.25) is 0 Å². The van der Waals surface area contributed by atoms with Gasteiger partial charge < -0.3 is 14.4 Å². The van der Waals surface area contributed by atoms with Crippen molar-refractivity contribution in [2.24, 2.45) is 30.7 Å². The Morgan fingerprint density at radius 1 is 0.689 bits per heavy atom. The number of ether oxygens (including phenoxy) is 2. The molecule has 45 heavy (non-hydrogen) atoms. The molecule has 0 amide bonds. The second kappa shape index (κ2) is 16.3. The zero-order valence-electron chi connectivity index (χ0n) is 25.4. The summed E-state index contributed by atoms with van der Waals surface area (Å²) >= 11 is 0. The van der Waals surface area contributed by atoms with Crippen LogP contribution in [0.15, 0.2) is 134 Å². The Labute approximate surface area is 261 Å². The Morgan fingerprint density at radius 3 is 1.69 bits per heavy atom. The molecule has 4 aromatic rings. The number of esters is 1. The van der Waals surface area contributed by atoms with Crippen molar-refractivity contribution in [3.8, 4) is 5.75 Å². The maximum absolute atomic E-state index is 14.6. The maximum atomic E-state index is 14.6. The zero-order valence-corrected chi connectivity index (χ0v) is 25.4. The zero-order chi connectivity index (χ0) is 32.0. The van der Waals surface area contributed by atoms with Gasteiger partial charge in [-0.15, -0.1) is 5.11 Å². The molecule has 0 aliphatic heterocycles. The molecule has 4 rings (SSSR count). The maximum Gasteiger partial charge on any atom is 0.333 e. The molecular weight excluding hydrogens is 573 g/mol. The molecule has 0 aliphatic carbocycles. The lowest BCUT2D eigenvalue weighted by atomic mass is 10.2. The van der Waals surface area contributed by atoms with Gasteiger partial charge in [0.1, 0.15) is 11.4 Å². The molecule has 0 radical (unpaired) electrons. The quantitative estimate of drug-likeness (QED) is 0.0614. The van der Waals surface area contributed by atoms with Crippen molar-refractivity contribution in [1.29, 1.82) is 0 Å². The summed E-state index contributed by atoms with van der Waals surface area (Å²) in [5.41, 5.74) is 4.40. The minimum Gasteiger partial charge on any atom is -0.494 e. The molecule has 0 aliphatic rings. The van der Waals surface area contributed by atoms with Gasteiger partial charge in [-0.05, 0) is 105 Å². The van der Waals surface area contributed by atoms with Crippen LogP contribution in [-0.4, -0.2) is 33.3 Å². The third-order valence-electron chi connectivity index (χ3n) is 6.21.